The molecule has 20 heavy (non-hydrogen) atoms. The van der Waals surface area contributed by atoms with E-state index in [9.17, 15) is 0 Å². The van der Waals surface area contributed by atoms with Crippen LogP contribution in [0.1, 0.15) is 64.0 Å². The second-order valence-electron chi connectivity index (χ2n) is 7.52. The topological polar surface area (TPSA) is 12.0 Å². The van der Waals surface area contributed by atoms with Crippen LogP contribution in [-0.2, 0) is 5.41 Å². The maximum absolute atomic E-state index is 3.66. The first-order valence-electron chi connectivity index (χ1n) is 8.28. The minimum atomic E-state index is 0.320. The van der Waals surface area contributed by atoms with Crippen molar-refractivity contribution < 1.29 is 0 Å². The normalized spacial score (nSPS) is 33.0. The zero-order chi connectivity index (χ0) is 14.5. The SMILES string of the molecule is CCC1(CC)C(NC)C2CC(C)(C)c3ccccc3C21. The number of fused-ring (bicyclic) bond motifs is 3. The van der Waals surface area contributed by atoms with Crippen molar-refractivity contribution in [1.29, 1.82) is 0 Å². The fourth-order valence-electron chi connectivity index (χ4n) is 5.61. The molecule has 1 nitrogen and oxygen atoms in total. The van der Waals surface area contributed by atoms with E-state index in [1.54, 1.807) is 11.1 Å². The van der Waals surface area contributed by atoms with Crippen LogP contribution in [0.25, 0.3) is 0 Å². The number of rotatable bonds is 3. The van der Waals surface area contributed by atoms with E-state index < -0.39 is 0 Å². The van der Waals surface area contributed by atoms with E-state index in [4.69, 9.17) is 0 Å². The summed E-state index contributed by atoms with van der Waals surface area (Å²) in [5.74, 6) is 1.57. The average molecular weight is 271 g/mol. The first kappa shape index (κ1) is 14.1. The molecular formula is C19H29N. The Morgan fingerprint density at radius 1 is 1.15 bits per heavy atom. The Kier molecular flexibility index (Phi) is 3.25. The Morgan fingerprint density at radius 2 is 1.80 bits per heavy atom. The van der Waals surface area contributed by atoms with E-state index in [1.807, 2.05) is 0 Å². The fourth-order valence-corrected chi connectivity index (χ4v) is 5.61. The largest absolute Gasteiger partial charge is 0.316 e. The predicted octanol–water partition coefficient (Wildman–Crippen LogP) is 4.48. The van der Waals surface area contributed by atoms with Gasteiger partial charge in [-0.3, -0.25) is 0 Å². The highest BCUT2D eigenvalue weighted by Gasteiger charge is 2.62. The van der Waals surface area contributed by atoms with E-state index in [2.05, 4.69) is 64.3 Å². The molecule has 3 rings (SSSR count). The lowest BCUT2D eigenvalue weighted by Crippen LogP contribution is -2.66. The summed E-state index contributed by atoms with van der Waals surface area (Å²) in [7, 11) is 2.16. The molecule has 0 aromatic heterocycles. The maximum Gasteiger partial charge on any atom is 0.0161 e. The van der Waals surface area contributed by atoms with Crippen molar-refractivity contribution in [3.05, 3.63) is 35.4 Å². The molecule has 1 heteroatoms. The van der Waals surface area contributed by atoms with E-state index in [0.717, 1.165) is 11.8 Å². The van der Waals surface area contributed by atoms with Gasteiger partial charge < -0.3 is 5.32 Å². The van der Waals surface area contributed by atoms with E-state index in [1.165, 1.54) is 19.3 Å². The molecular weight excluding hydrogens is 242 g/mol. The molecule has 1 fully saturated rings. The predicted molar refractivity (Wildman–Crippen MR) is 86.2 cm³/mol. The Hall–Kier alpha value is -0.820. The molecule has 2 aliphatic carbocycles. The van der Waals surface area contributed by atoms with Crippen molar-refractivity contribution in [3.8, 4) is 0 Å². The second-order valence-corrected chi connectivity index (χ2v) is 7.52. The number of nitrogens with one attached hydrogen (secondary N) is 1. The Balaban J connectivity index is 2.12. The van der Waals surface area contributed by atoms with Crippen molar-refractivity contribution in [2.75, 3.05) is 7.05 Å². The maximum atomic E-state index is 3.66. The van der Waals surface area contributed by atoms with Gasteiger partial charge in [0.2, 0.25) is 0 Å². The van der Waals surface area contributed by atoms with E-state index in [-0.39, 0.29) is 0 Å². The molecule has 3 unspecified atom stereocenters. The highest BCUT2D eigenvalue weighted by Crippen LogP contribution is 2.66. The third kappa shape index (κ3) is 1.59. The zero-order valence-electron chi connectivity index (χ0n) is 13.7. The van der Waals surface area contributed by atoms with Crippen LogP contribution in [0.5, 0.6) is 0 Å². The molecule has 2 aliphatic rings. The van der Waals surface area contributed by atoms with Gasteiger partial charge in [0.15, 0.2) is 0 Å². The van der Waals surface area contributed by atoms with Crippen molar-refractivity contribution in [1.82, 2.24) is 5.32 Å². The van der Waals surface area contributed by atoms with Gasteiger partial charge in [-0.15, -0.1) is 0 Å². The first-order valence-corrected chi connectivity index (χ1v) is 8.28. The summed E-state index contributed by atoms with van der Waals surface area (Å²) >= 11 is 0. The van der Waals surface area contributed by atoms with Crippen LogP contribution >= 0.6 is 0 Å². The number of hydrogen-bond acceptors (Lipinski definition) is 1. The van der Waals surface area contributed by atoms with Crippen LogP contribution in [-0.4, -0.2) is 13.1 Å². The van der Waals surface area contributed by atoms with Gasteiger partial charge in [-0.25, -0.2) is 0 Å². The van der Waals surface area contributed by atoms with Crippen LogP contribution in [0.4, 0.5) is 0 Å². The Morgan fingerprint density at radius 3 is 2.40 bits per heavy atom. The third-order valence-corrected chi connectivity index (χ3v) is 6.49. The van der Waals surface area contributed by atoms with Gasteiger partial charge in [0.25, 0.3) is 0 Å². The molecule has 0 bridgehead atoms. The summed E-state index contributed by atoms with van der Waals surface area (Å²) in [5, 5.41) is 3.66. The molecule has 1 aromatic carbocycles. The van der Waals surface area contributed by atoms with Gasteiger partial charge in [0.05, 0.1) is 0 Å². The van der Waals surface area contributed by atoms with Crippen LogP contribution < -0.4 is 5.32 Å². The van der Waals surface area contributed by atoms with Gasteiger partial charge in [-0.1, -0.05) is 52.0 Å². The molecule has 0 heterocycles. The summed E-state index contributed by atoms with van der Waals surface area (Å²) in [4.78, 5) is 0. The standard InChI is InChI=1S/C19H29N/c1-6-19(7-2)16-13-10-8-9-11-15(13)18(3,4)12-14(16)17(19)20-5/h8-11,14,16-17,20H,6-7,12H2,1-5H3. The van der Waals surface area contributed by atoms with Crippen LogP contribution in [0, 0.1) is 11.3 Å². The zero-order valence-corrected chi connectivity index (χ0v) is 13.7. The minimum absolute atomic E-state index is 0.320. The summed E-state index contributed by atoms with van der Waals surface area (Å²) in [6, 6.07) is 9.92. The summed E-state index contributed by atoms with van der Waals surface area (Å²) in [6.07, 6.45) is 3.89. The molecule has 0 saturated heterocycles. The third-order valence-electron chi connectivity index (χ3n) is 6.49. The highest BCUT2D eigenvalue weighted by molar-refractivity contribution is 5.44. The quantitative estimate of drug-likeness (QED) is 0.855. The lowest BCUT2D eigenvalue weighted by molar-refractivity contribution is -0.0659. The van der Waals surface area contributed by atoms with Gasteiger partial charge in [0, 0.05) is 6.04 Å². The molecule has 1 aromatic rings. The molecule has 0 aliphatic heterocycles. The van der Waals surface area contributed by atoms with Crippen molar-refractivity contribution in [2.24, 2.45) is 11.3 Å². The van der Waals surface area contributed by atoms with Gasteiger partial charge in [-0.2, -0.15) is 0 Å². The second kappa shape index (κ2) is 4.59. The van der Waals surface area contributed by atoms with E-state index >= 15 is 0 Å². The van der Waals surface area contributed by atoms with Crippen LogP contribution in [0.15, 0.2) is 24.3 Å². The van der Waals surface area contributed by atoms with Crippen molar-refractivity contribution in [2.45, 2.75) is 64.3 Å². The van der Waals surface area contributed by atoms with Gasteiger partial charge in [-0.05, 0) is 60.1 Å². The van der Waals surface area contributed by atoms with Gasteiger partial charge in [0.1, 0.15) is 0 Å². The number of hydrogen-bond donors (Lipinski definition) is 1. The molecule has 110 valence electrons. The lowest BCUT2D eigenvalue weighted by atomic mass is 9.41. The van der Waals surface area contributed by atoms with Crippen molar-refractivity contribution >= 4 is 0 Å². The number of benzene rings is 1. The average Bonchev–Trinajstić information content (AvgIpc) is 2.43. The minimum Gasteiger partial charge on any atom is -0.316 e. The molecule has 3 atom stereocenters. The molecule has 1 N–H and O–H groups in total. The summed E-state index contributed by atoms with van der Waals surface area (Å²) in [6.45, 7) is 9.61. The first-order chi connectivity index (χ1) is 9.51. The van der Waals surface area contributed by atoms with Gasteiger partial charge >= 0.3 is 0 Å². The van der Waals surface area contributed by atoms with E-state index in [0.29, 0.717) is 16.9 Å². The van der Waals surface area contributed by atoms with Crippen molar-refractivity contribution in [3.63, 3.8) is 0 Å². The van der Waals surface area contributed by atoms with Crippen LogP contribution in [0.2, 0.25) is 0 Å². The molecule has 0 radical (unpaired) electrons. The monoisotopic (exact) mass is 271 g/mol. The fraction of sp³-hybridized carbons (Fsp3) is 0.684. The molecule has 1 saturated carbocycles. The molecule has 0 spiro atoms. The van der Waals surface area contributed by atoms with Crippen LogP contribution in [0.3, 0.4) is 0 Å². The molecule has 0 amide bonds. The summed E-state index contributed by atoms with van der Waals surface area (Å²) < 4.78 is 0. The Labute approximate surface area is 124 Å². The lowest BCUT2D eigenvalue weighted by Gasteiger charge is -2.66. The Bertz CT molecular complexity index is 498. The summed E-state index contributed by atoms with van der Waals surface area (Å²) in [5.41, 5.74) is 4.03. The smallest absolute Gasteiger partial charge is 0.0161 e. The highest BCUT2D eigenvalue weighted by atomic mass is 15.0.